The second kappa shape index (κ2) is 9.17. The highest BCUT2D eigenvalue weighted by Gasteiger charge is 2.30. The zero-order valence-electron chi connectivity index (χ0n) is 18.2. The van der Waals surface area contributed by atoms with Crippen molar-refractivity contribution in [2.45, 2.75) is 24.9 Å². The number of nitrogens with one attached hydrogen (secondary N) is 3. The number of alkyl halides is 3. The molecule has 3 N–H and O–H groups in total. The van der Waals surface area contributed by atoms with Gasteiger partial charge in [0.05, 0.1) is 21.7 Å². The molecule has 3 aromatic rings. The van der Waals surface area contributed by atoms with Crippen LogP contribution in [0, 0.1) is 13.8 Å². The van der Waals surface area contributed by atoms with Crippen molar-refractivity contribution in [1.29, 1.82) is 0 Å². The maximum absolute atomic E-state index is 12.9. The fourth-order valence-corrected chi connectivity index (χ4v) is 4.22. The van der Waals surface area contributed by atoms with Gasteiger partial charge >= 0.3 is 6.18 Å². The van der Waals surface area contributed by atoms with Crippen LogP contribution in [0.2, 0.25) is 0 Å². The molecule has 0 aliphatic heterocycles. The van der Waals surface area contributed by atoms with E-state index >= 15 is 0 Å². The molecule has 0 bridgehead atoms. The molecule has 0 fully saturated rings. The Morgan fingerprint density at radius 2 is 1.62 bits per heavy atom. The van der Waals surface area contributed by atoms with Crippen LogP contribution < -0.4 is 15.6 Å². The van der Waals surface area contributed by atoms with E-state index in [1.54, 1.807) is 20.9 Å². The van der Waals surface area contributed by atoms with Gasteiger partial charge in [-0.1, -0.05) is 12.1 Å². The van der Waals surface area contributed by atoms with Crippen molar-refractivity contribution in [3.63, 3.8) is 0 Å². The number of carbonyl (C=O) groups excluding carboxylic acids is 2. The van der Waals surface area contributed by atoms with Gasteiger partial charge in [0.15, 0.2) is 0 Å². The average Bonchev–Trinajstić information content (AvgIpc) is 3.02. The highest BCUT2D eigenvalue weighted by Crippen LogP contribution is 2.31. The maximum Gasteiger partial charge on any atom is 0.416 e. The van der Waals surface area contributed by atoms with Crippen LogP contribution in [0.3, 0.4) is 0 Å². The van der Waals surface area contributed by atoms with Crippen molar-refractivity contribution < 1.29 is 31.2 Å². The fourth-order valence-electron chi connectivity index (χ4n) is 3.13. The van der Waals surface area contributed by atoms with Gasteiger partial charge in [0, 0.05) is 24.0 Å². The lowest BCUT2D eigenvalue weighted by Crippen LogP contribution is -2.42. The number of aryl methyl sites for hydroxylation is 2. The number of sulfonamides is 1. The van der Waals surface area contributed by atoms with Crippen molar-refractivity contribution >= 4 is 27.5 Å². The summed E-state index contributed by atoms with van der Waals surface area (Å²) in [6.45, 7) is 3.32. The van der Waals surface area contributed by atoms with Crippen molar-refractivity contribution in [2.75, 3.05) is 4.72 Å². The Morgan fingerprint density at radius 1 is 0.971 bits per heavy atom. The molecule has 0 unspecified atom stereocenters. The number of aromatic nitrogens is 2. The minimum Gasteiger partial charge on any atom is -0.280 e. The number of amides is 2. The average molecular weight is 495 g/mol. The quantitative estimate of drug-likeness (QED) is 0.470. The second-order valence-corrected chi connectivity index (χ2v) is 8.97. The minimum atomic E-state index is -4.64. The van der Waals surface area contributed by atoms with Crippen LogP contribution in [-0.2, 0) is 23.2 Å². The number of hydrogen-bond acceptors (Lipinski definition) is 5. The molecule has 9 nitrogen and oxygen atoms in total. The molecular weight excluding hydrogens is 475 g/mol. The van der Waals surface area contributed by atoms with Gasteiger partial charge in [0.1, 0.15) is 0 Å². The Kier molecular flexibility index (Phi) is 6.68. The first kappa shape index (κ1) is 24.8. The van der Waals surface area contributed by atoms with Gasteiger partial charge < -0.3 is 0 Å². The number of halogens is 3. The van der Waals surface area contributed by atoms with E-state index in [9.17, 15) is 31.2 Å². The van der Waals surface area contributed by atoms with Crippen LogP contribution >= 0.6 is 0 Å². The van der Waals surface area contributed by atoms with Crippen molar-refractivity contribution in [3.05, 3.63) is 76.6 Å². The minimum absolute atomic E-state index is 0.105. The molecular formula is C21H20F3N5O4S. The Hall–Kier alpha value is -3.87. The SMILES string of the molecule is Cc1nn(C)c(C)c1C(=O)NNC(=O)c1cccc(S(=O)(=O)Nc2cccc(C(F)(F)F)c2)c1. The van der Waals surface area contributed by atoms with Gasteiger partial charge in [0.25, 0.3) is 21.8 Å². The molecule has 0 saturated carbocycles. The first-order chi connectivity index (χ1) is 15.8. The summed E-state index contributed by atoms with van der Waals surface area (Å²) in [6.07, 6.45) is -4.64. The summed E-state index contributed by atoms with van der Waals surface area (Å²) in [5.74, 6) is -1.41. The molecule has 0 atom stereocenters. The van der Waals surface area contributed by atoms with Crippen LogP contribution in [-0.4, -0.2) is 30.0 Å². The van der Waals surface area contributed by atoms with Gasteiger partial charge in [0.2, 0.25) is 0 Å². The molecule has 0 aliphatic carbocycles. The number of hydrogen-bond donors (Lipinski definition) is 3. The van der Waals surface area contributed by atoms with E-state index in [0.29, 0.717) is 17.5 Å². The van der Waals surface area contributed by atoms with E-state index in [4.69, 9.17) is 0 Å². The molecule has 2 aromatic carbocycles. The highest BCUT2D eigenvalue weighted by atomic mass is 32.2. The molecule has 2 amide bonds. The molecule has 0 spiro atoms. The Balaban J connectivity index is 1.74. The van der Waals surface area contributed by atoms with Crippen LogP contribution in [0.4, 0.5) is 18.9 Å². The normalized spacial score (nSPS) is 11.7. The lowest BCUT2D eigenvalue weighted by Gasteiger charge is -2.12. The van der Waals surface area contributed by atoms with Crippen molar-refractivity contribution in [1.82, 2.24) is 20.6 Å². The third kappa shape index (κ3) is 5.36. The fraction of sp³-hybridized carbons (Fsp3) is 0.190. The molecule has 1 heterocycles. The number of hydrazine groups is 1. The summed E-state index contributed by atoms with van der Waals surface area (Å²) < 4.78 is 67.6. The lowest BCUT2D eigenvalue weighted by atomic mass is 10.2. The number of carbonyl (C=O) groups is 2. The van der Waals surface area contributed by atoms with Crippen LogP contribution in [0.1, 0.15) is 37.7 Å². The molecule has 0 radical (unpaired) electrons. The summed E-state index contributed by atoms with van der Waals surface area (Å²) in [6, 6.07) is 8.50. The summed E-state index contributed by atoms with van der Waals surface area (Å²) in [5, 5.41) is 4.12. The van der Waals surface area contributed by atoms with E-state index in [-0.39, 0.29) is 21.7 Å². The summed E-state index contributed by atoms with van der Waals surface area (Å²) >= 11 is 0. The predicted octanol–water partition coefficient (Wildman–Crippen LogP) is 2.93. The lowest BCUT2D eigenvalue weighted by molar-refractivity contribution is -0.137. The third-order valence-corrected chi connectivity index (χ3v) is 6.25. The number of anilines is 1. The number of rotatable bonds is 5. The summed E-state index contributed by atoms with van der Waals surface area (Å²) in [5.41, 5.74) is 4.35. The Morgan fingerprint density at radius 3 is 2.24 bits per heavy atom. The zero-order valence-corrected chi connectivity index (χ0v) is 19.0. The van der Waals surface area contributed by atoms with Crippen LogP contribution in [0.25, 0.3) is 0 Å². The first-order valence-electron chi connectivity index (χ1n) is 9.70. The molecule has 3 rings (SSSR count). The highest BCUT2D eigenvalue weighted by molar-refractivity contribution is 7.92. The molecule has 0 saturated heterocycles. The van der Waals surface area contributed by atoms with Crippen LogP contribution in [0.15, 0.2) is 53.4 Å². The van der Waals surface area contributed by atoms with Crippen molar-refractivity contribution in [2.24, 2.45) is 7.05 Å². The standard InChI is InChI=1S/C21H20F3N5O4S/c1-12-18(13(2)29(3)27-12)20(31)26-25-19(30)14-6-4-9-17(10-14)34(32,33)28-16-8-5-7-15(11-16)21(22,23)24/h4-11,28H,1-3H3,(H,25,30)(H,26,31). The van der Waals surface area contributed by atoms with E-state index in [2.05, 4.69) is 20.7 Å². The topological polar surface area (TPSA) is 122 Å². The zero-order chi connectivity index (χ0) is 25.3. The van der Waals surface area contributed by atoms with E-state index in [1.165, 1.54) is 28.9 Å². The van der Waals surface area contributed by atoms with E-state index in [0.717, 1.165) is 18.2 Å². The van der Waals surface area contributed by atoms with Crippen LogP contribution in [0.5, 0.6) is 0 Å². The van der Waals surface area contributed by atoms with Gasteiger partial charge in [-0.25, -0.2) is 8.42 Å². The van der Waals surface area contributed by atoms with E-state index < -0.39 is 33.6 Å². The maximum atomic E-state index is 12.9. The molecule has 180 valence electrons. The van der Waals surface area contributed by atoms with Crippen molar-refractivity contribution in [3.8, 4) is 0 Å². The first-order valence-corrected chi connectivity index (χ1v) is 11.2. The Bertz CT molecular complexity index is 1370. The number of benzene rings is 2. The van der Waals surface area contributed by atoms with Gasteiger partial charge in [-0.15, -0.1) is 0 Å². The smallest absolute Gasteiger partial charge is 0.280 e. The van der Waals surface area contributed by atoms with Gasteiger partial charge in [-0.3, -0.25) is 29.8 Å². The second-order valence-electron chi connectivity index (χ2n) is 7.29. The molecule has 0 aliphatic rings. The van der Waals surface area contributed by atoms with Gasteiger partial charge in [-0.05, 0) is 50.2 Å². The summed E-state index contributed by atoms with van der Waals surface area (Å²) in [7, 11) is -2.65. The summed E-state index contributed by atoms with van der Waals surface area (Å²) in [4.78, 5) is 24.5. The van der Waals surface area contributed by atoms with E-state index in [1.807, 2.05) is 0 Å². The predicted molar refractivity (Wildman–Crippen MR) is 116 cm³/mol. The molecule has 1 aromatic heterocycles. The monoisotopic (exact) mass is 495 g/mol. The number of nitrogens with zero attached hydrogens (tertiary/aromatic N) is 2. The largest absolute Gasteiger partial charge is 0.416 e. The van der Waals surface area contributed by atoms with Gasteiger partial charge in [-0.2, -0.15) is 18.3 Å². The Labute approximate surface area is 193 Å². The molecule has 34 heavy (non-hydrogen) atoms. The third-order valence-electron chi connectivity index (χ3n) is 4.87. The molecule has 13 heteroatoms.